The monoisotopic (exact) mass is 182 g/mol. The Labute approximate surface area is 68.0 Å². The maximum Gasteiger partial charge on any atom is 0.399 e. The van der Waals surface area contributed by atoms with Crippen LogP contribution in [0.15, 0.2) is 12.2 Å². The Morgan fingerprint density at radius 2 is 2.08 bits per heavy atom. The third-order valence-electron chi connectivity index (χ3n) is 0.921. The smallest absolute Gasteiger partial charge is 0.399 e. The van der Waals surface area contributed by atoms with Crippen LogP contribution in [0.4, 0.5) is 13.2 Å². The second kappa shape index (κ2) is 4.79. The Morgan fingerprint density at radius 3 is 2.50 bits per heavy atom. The van der Waals surface area contributed by atoms with E-state index in [2.05, 4.69) is 4.74 Å². The lowest BCUT2D eigenvalue weighted by molar-refractivity contribution is -0.170. The molecule has 0 spiro atoms. The van der Waals surface area contributed by atoms with Gasteiger partial charge in [-0.25, -0.2) is 0 Å². The molecule has 5 heteroatoms. The van der Waals surface area contributed by atoms with Crippen molar-refractivity contribution in [3.63, 3.8) is 0 Å². The van der Waals surface area contributed by atoms with E-state index < -0.39 is 18.6 Å². The maximum absolute atomic E-state index is 11.5. The van der Waals surface area contributed by atoms with E-state index in [1.807, 2.05) is 0 Å². The van der Waals surface area contributed by atoms with Gasteiger partial charge in [-0.2, -0.15) is 13.2 Å². The number of hydrogen-bond donors (Lipinski definition) is 0. The first-order valence-corrected chi connectivity index (χ1v) is 3.29. The molecule has 0 heterocycles. The fraction of sp³-hybridized carbons (Fsp3) is 0.571. The van der Waals surface area contributed by atoms with E-state index in [4.69, 9.17) is 0 Å². The normalized spacial score (nSPS) is 12.0. The predicted octanol–water partition coefficient (Wildman–Crippen LogP) is 2.06. The molecule has 0 radical (unpaired) electrons. The van der Waals surface area contributed by atoms with Crippen molar-refractivity contribution in [1.82, 2.24) is 0 Å². The molecule has 0 saturated carbocycles. The Hall–Kier alpha value is -1.00. The van der Waals surface area contributed by atoms with Gasteiger partial charge in [-0.15, -0.1) is 0 Å². The first kappa shape index (κ1) is 11.0. The molecule has 0 atom stereocenters. The van der Waals surface area contributed by atoms with E-state index in [1.54, 1.807) is 13.0 Å². The second-order valence-corrected chi connectivity index (χ2v) is 2.04. The quantitative estimate of drug-likeness (QED) is 0.493. The molecule has 0 unspecified atom stereocenters. The molecule has 0 aromatic carbocycles. The highest BCUT2D eigenvalue weighted by Gasteiger charge is 2.31. The van der Waals surface area contributed by atoms with Gasteiger partial charge < -0.3 is 4.74 Å². The van der Waals surface area contributed by atoms with Crippen molar-refractivity contribution in [2.75, 3.05) is 6.61 Å². The molecule has 0 aliphatic rings. The molecule has 0 saturated heterocycles. The fourth-order valence-corrected chi connectivity index (χ4v) is 0.452. The number of halogens is 3. The summed E-state index contributed by atoms with van der Waals surface area (Å²) in [6.07, 6.45) is -2.97. The van der Waals surface area contributed by atoms with Gasteiger partial charge in [0.2, 0.25) is 0 Å². The second-order valence-electron chi connectivity index (χ2n) is 2.04. The fourth-order valence-electron chi connectivity index (χ4n) is 0.452. The van der Waals surface area contributed by atoms with Crippen LogP contribution >= 0.6 is 0 Å². The third kappa shape index (κ3) is 7.11. The van der Waals surface area contributed by atoms with Crippen molar-refractivity contribution in [3.05, 3.63) is 12.2 Å². The van der Waals surface area contributed by atoms with Crippen molar-refractivity contribution < 1.29 is 22.7 Å². The van der Waals surface area contributed by atoms with E-state index in [9.17, 15) is 18.0 Å². The van der Waals surface area contributed by atoms with Gasteiger partial charge in [0.05, 0.1) is 0 Å². The molecule has 0 aliphatic carbocycles. The van der Waals surface area contributed by atoms with Crippen LogP contribution in [-0.4, -0.2) is 18.8 Å². The van der Waals surface area contributed by atoms with E-state index in [1.165, 1.54) is 6.08 Å². The van der Waals surface area contributed by atoms with Crippen molar-refractivity contribution in [3.8, 4) is 0 Å². The summed E-state index contributed by atoms with van der Waals surface area (Å²) < 4.78 is 38.7. The lowest BCUT2D eigenvalue weighted by atomic mass is 10.4. The van der Waals surface area contributed by atoms with E-state index in [-0.39, 0.29) is 6.61 Å². The Morgan fingerprint density at radius 1 is 1.50 bits per heavy atom. The van der Waals surface area contributed by atoms with Gasteiger partial charge >= 0.3 is 12.1 Å². The molecule has 0 aromatic heterocycles. The van der Waals surface area contributed by atoms with Crippen LogP contribution in [0, 0.1) is 0 Å². The predicted molar refractivity (Wildman–Crippen MR) is 36.4 cm³/mol. The molecule has 12 heavy (non-hydrogen) atoms. The van der Waals surface area contributed by atoms with Crippen LogP contribution in [0.5, 0.6) is 0 Å². The lowest BCUT2D eigenvalue weighted by Crippen LogP contribution is -2.17. The topological polar surface area (TPSA) is 26.3 Å². The maximum atomic E-state index is 11.5. The third-order valence-corrected chi connectivity index (χ3v) is 0.921. The number of alkyl halides is 3. The van der Waals surface area contributed by atoms with Crippen molar-refractivity contribution in [2.24, 2.45) is 0 Å². The molecule has 0 amide bonds. The summed E-state index contributed by atoms with van der Waals surface area (Å²) in [6, 6.07) is 0. The molecular formula is C7H9F3O2. The molecule has 0 fully saturated rings. The average Bonchev–Trinajstić information content (AvgIpc) is 1.84. The van der Waals surface area contributed by atoms with Gasteiger partial charge in [0, 0.05) is 0 Å². The Kier molecular flexibility index (Phi) is 4.39. The highest BCUT2D eigenvalue weighted by molar-refractivity contribution is 5.70. The first-order valence-electron chi connectivity index (χ1n) is 3.29. The minimum Gasteiger partial charge on any atom is -0.461 e. The van der Waals surface area contributed by atoms with Gasteiger partial charge in [-0.05, 0) is 6.92 Å². The van der Waals surface area contributed by atoms with Crippen molar-refractivity contribution in [2.45, 2.75) is 19.5 Å². The minimum atomic E-state index is -4.48. The summed E-state index contributed by atoms with van der Waals surface area (Å²) in [5.41, 5.74) is 0. The number of hydrogen-bond acceptors (Lipinski definition) is 2. The number of carbonyl (C=O) groups excluding carboxylic acids is 1. The zero-order valence-corrected chi connectivity index (χ0v) is 6.52. The van der Waals surface area contributed by atoms with Crippen LogP contribution in [0.3, 0.4) is 0 Å². The summed E-state index contributed by atoms with van der Waals surface area (Å²) in [4.78, 5) is 10.4. The van der Waals surface area contributed by atoms with Gasteiger partial charge in [-0.3, -0.25) is 4.79 Å². The van der Waals surface area contributed by atoms with E-state index in [0.29, 0.717) is 0 Å². The molecule has 0 N–H and O–H groups in total. The molecular weight excluding hydrogens is 173 g/mol. The SMILES string of the molecule is CC=CCOC(=O)CC(F)(F)F. The van der Waals surface area contributed by atoms with Gasteiger partial charge in [0.15, 0.2) is 0 Å². The number of rotatable bonds is 3. The number of ether oxygens (including phenoxy) is 1. The molecule has 70 valence electrons. The van der Waals surface area contributed by atoms with E-state index in [0.717, 1.165) is 0 Å². The average molecular weight is 182 g/mol. The summed E-state index contributed by atoms with van der Waals surface area (Å²) >= 11 is 0. The Balaban J connectivity index is 3.61. The molecule has 0 aliphatic heterocycles. The van der Waals surface area contributed by atoms with Crippen LogP contribution in [0.25, 0.3) is 0 Å². The zero-order chi connectivity index (χ0) is 9.61. The highest BCUT2D eigenvalue weighted by Crippen LogP contribution is 2.19. The zero-order valence-electron chi connectivity index (χ0n) is 6.52. The minimum absolute atomic E-state index is 0.106. The van der Waals surface area contributed by atoms with Gasteiger partial charge in [0.1, 0.15) is 13.0 Å². The first-order chi connectivity index (χ1) is 5.45. The number of carbonyl (C=O) groups is 1. The van der Waals surface area contributed by atoms with Crippen LogP contribution in [0.1, 0.15) is 13.3 Å². The summed E-state index contributed by atoms with van der Waals surface area (Å²) in [5.74, 6) is -1.25. The lowest BCUT2D eigenvalue weighted by Gasteiger charge is -2.04. The standard InChI is InChI=1S/C7H9F3O2/c1-2-3-4-12-6(11)5-7(8,9)10/h2-3H,4-5H2,1H3. The van der Waals surface area contributed by atoms with Gasteiger partial charge in [0.25, 0.3) is 0 Å². The summed E-state index contributed by atoms with van der Waals surface area (Å²) in [7, 11) is 0. The van der Waals surface area contributed by atoms with E-state index >= 15 is 0 Å². The summed E-state index contributed by atoms with van der Waals surface area (Å²) in [5, 5.41) is 0. The van der Waals surface area contributed by atoms with Crippen LogP contribution < -0.4 is 0 Å². The van der Waals surface area contributed by atoms with Crippen LogP contribution in [0.2, 0.25) is 0 Å². The highest BCUT2D eigenvalue weighted by atomic mass is 19.4. The number of esters is 1. The number of allylic oxidation sites excluding steroid dienone is 1. The van der Waals surface area contributed by atoms with Crippen molar-refractivity contribution in [1.29, 1.82) is 0 Å². The molecule has 0 aromatic rings. The molecule has 2 nitrogen and oxygen atoms in total. The molecule has 0 rings (SSSR count). The largest absolute Gasteiger partial charge is 0.461 e. The van der Waals surface area contributed by atoms with Crippen LogP contribution in [-0.2, 0) is 9.53 Å². The Bertz CT molecular complexity index is 172. The van der Waals surface area contributed by atoms with Gasteiger partial charge in [-0.1, -0.05) is 12.2 Å². The van der Waals surface area contributed by atoms with Crippen molar-refractivity contribution >= 4 is 5.97 Å². The summed E-state index contributed by atoms with van der Waals surface area (Å²) in [6.45, 7) is 1.57. The molecule has 0 bridgehead atoms.